The largest absolute Gasteiger partial charge is 0.485 e. The molecular weight excluding hydrogens is 244 g/mol. The molecule has 102 valence electrons. The summed E-state index contributed by atoms with van der Waals surface area (Å²) in [5.74, 6) is 1.60. The van der Waals surface area contributed by atoms with Crippen molar-refractivity contribution < 1.29 is 4.74 Å². The van der Waals surface area contributed by atoms with Crippen LogP contribution in [0.1, 0.15) is 43.1 Å². The summed E-state index contributed by atoms with van der Waals surface area (Å²) in [6.45, 7) is 4.49. The number of hydrogen-bond donors (Lipinski definition) is 0. The molecule has 1 aliphatic heterocycles. The van der Waals surface area contributed by atoms with Gasteiger partial charge < -0.3 is 4.74 Å². The van der Waals surface area contributed by atoms with Crippen molar-refractivity contribution in [2.75, 3.05) is 0 Å². The van der Waals surface area contributed by atoms with Crippen molar-refractivity contribution in [2.24, 2.45) is 5.92 Å². The molecule has 0 saturated heterocycles. The van der Waals surface area contributed by atoms with Crippen molar-refractivity contribution in [3.63, 3.8) is 0 Å². The van der Waals surface area contributed by atoms with Crippen molar-refractivity contribution in [1.82, 2.24) is 0 Å². The van der Waals surface area contributed by atoms with Crippen molar-refractivity contribution in [2.45, 2.75) is 26.4 Å². The van der Waals surface area contributed by atoms with Gasteiger partial charge in [-0.3, -0.25) is 0 Å². The molecule has 0 bridgehead atoms. The van der Waals surface area contributed by atoms with E-state index in [-0.39, 0.29) is 6.10 Å². The summed E-state index contributed by atoms with van der Waals surface area (Å²) >= 11 is 0. The summed E-state index contributed by atoms with van der Waals surface area (Å²) in [6, 6.07) is 18.9. The zero-order valence-electron chi connectivity index (χ0n) is 12.0. The first-order valence-electron chi connectivity index (χ1n) is 7.27. The first-order valence-corrected chi connectivity index (χ1v) is 7.27. The lowest BCUT2D eigenvalue weighted by Crippen LogP contribution is -2.12. The van der Waals surface area contributed by atoms with E-state index in [1.54, 1.807) is 0 Å². The third-order valence-electron chi connectivity index (χ3n) is 3.64. The molecule has 1 heterocycles. The number of benzene rings is 2. The van der Waals surface area contributed by atoms with Gasteiger partial charge >= 0.3 is 0 Å². The molecule has 0 saturated carbocycles. The molecule has 0 N–H and O–H groups in total. The number of ether oxygens (including phenoxy) is 1. The first kappa shape index (κ1) is 13.0. The van der Waals surface area contributed by atoms with E-state index < -0.39 is 0 Å². The Morgan fingerprint density at radius 1 is 0.950 bits per heavy atom. The van der Waals surface area contributed by atoms with Gasteiger partial charge in [-0.1, -0.05) is 68.4 Å². The van der Waals surface area contributed by atoms with Gasteiger partial charge in [0.15, 0.2) is 0 Å². The molecule has 0 unspecified atom stereocenters. The van der Waals surface area contributed by atoms with Crippen LogP contribution in [0.4, 0.5) is 0 Å². The zero-order chi connectivity index (χ0) is 13.9. The maximum atomic E-state index is 6.27. The van der Waals surface area contributed by atoms with Gasteiger partial charge in [-0.15, -0.1) is 0 Å². The Morgan fingerprint density at radius 3 is 2.40 bits per heavy atom. The quantitative estimate of drug-likeness (QED) is 0.730. The van der Waals surface area contributed by atoms with Gasteiger partial charge in [0.25, 0.3) is 0 Å². The maximum absolute atomic E-state index is 6.27. The van der Waals surface area contributed by atoms with Gasteiger partial charge in [0, 0.05) is 5.56 Å². The minimum Gasteiger partial charge on any atom is -0.485 e. The second-order valence-electron chi connectivity index (χ2n) is 5.74. The molecule has 0 aliphatic carbocycles. The minimum atomic E-state index is 0.159. The van der Waals surface area contributed by atoms with Crippen molar-refractivity contribution in [1.29, 1.82) is 0 Å². The zero-order valence-corrected chi connectivity index (χ0v) is 12.0. The summed E-state index contributed by atoms with van der Waals surface area (Å²) < 4.78 is 6.27. The van der Waals surface area contributed by atoms with Crippen molar-refractivity contribution in [3.8, 4) is 0 Å². The van der Waals surface area contributed by atoms with Crippen LogP contribution < -0.4 is 0 Å². The summed E-state index contributed by atoms with van der Waals surface area (Å²) in [7, 11) is 0. The van der Waals surface area contributed by atoms with E-state index in [1.807, 2.05) is 6.07 Å². The highest BCUT2D eigenvalue weighted by molar-refractivity contribution is 5.80. The summed E-state index contributed by atoms with van der Waals surface area (Å²) in [5.41, 5.74) is 3.74. The average Bonchev–Trinajstić information content (AvgIpc) is 2.47. The fourth-order valence-corrected chi connectivity index (χ4v) is 2.68. The number of hydrogen-bond acceptors (Lipinski definition) is 1. The van der Waals surface area contributed by atoms with Crippen molar-refractivity contribution >= 4 is 11.8 Å². The molecule has 1 aliphatic rings. The highest BCUT2D eigenvalue weighted by atomic mass is 16.5. The fraction of sp³-hybridized carbons (Fsp3) is 0.263. The van der Waals surface area contributed by atoms with Crippen molar-refractivity contribution in [3.05, 3.63) is 71.3 Å². The van der Waals surface area contributed by atoms with E-state index in [4.69, 9.17) is 4.74 Å². The second-order valence-corrected chi connectivity index (χ2v) is 5.74. The molecule has 0 fully saturated rings. The molecule has 0 spiro atoms. The SMILES string of the molecule is CC(C)C[C@H]1OC(c2ccccc2)=Cc2ccccc21. The lowest BCUT2D eigenvalue weighted by atomic mass is 9.92. The minimum absolute atomic E-state index is 0.159. The van der Waals surface area contributed by atoms with E-state index >= 15 is 0 Å². The van der Waals surface area contributed by atoms with Crippen LogP contribution in [-0.4, -0.2) is 0 Å². The lowest BCUT2D eigenvalue weighted by Gasteiger charge is -2.28. The molecule has 2 aromatic carbocycles. The standard InChI is InChI=1S/C19H20O/c1-14(2)12-19-17-11-7-6-10-16(17)13-18(20-19)15-8-4-3-5-9-15/h3-11,13-14,19H,12H2,1-2H3/t19-/m1/s1. The van der Waals surface area contributed by atoms with Crippen LogP contribution in [0.15, 0.2) is 54.6 Å². The molecule has 3 rings (SSSR count). The summed E-state index contributed by atoms with van der Waals surface area (Å²) in [4.78, 5) is 0. The Morgan fingerprint density at radius 2 is 1.65 bits per heavy atom. The Labute approximate surface area is 120 Å². The highest BCUT2D eigenvalue weighted by Gasteiger charge is 2.23. The molecule has 1 heteroatoms. The Kier molecular flexibility index (Phi) is 3.60. The molecule has 0 aromatic heterocycles. The normalized spacial score (nSPS) is 17.4. The van der Waals surface area contributed by atoms with Crippen LogP contribution in [0.3, 0.4) is 0 Å². The monoisotopic (exact) mass is 264 g/mol. The third kappa shape index (κ3) is 2.62. The van der Waals surface area contributed by atoms with Crippen LogP contribution in [0.5, 0.6) is 0 Å². The van der Waals surface area contributed by atoms with Gasteiger partial charge in [-0.2, -0.15) is 0 Å². The molecule has 1 atom stereocenters. The van der Waals surface area contributed by atoms with E-state index in [9.17, 15) is 0 Å². The van der Waals surface area contributed by atoms with E-state index in [0.29, 0.717) is 5.92 Å². The van der Waals surface area contributed by atoms with Crippen LogP contribution in [0.25, 0.3) is 11.8 Å². The molecule has 1 nitrogen and oxygen atoms in total. The summed E-state index contributed by atoms with van der Waals surface area (Å²) in [5, 5.41) is 0. The molecule has 20 heavy (non-hydrogen) atoms. The maximum Gasteiger partial charge on any atom is 0.128 e. The molecule has 0 radical (unpaired) electrons. The van der Waals surface area contributed by atoms with E-state index in [0.717, 1.165) is 17.7 Å². The Bertz CT molecular complexity index is 611. The fourth-order valence-electron chi connectivity index (χ4n) is 2.68. The second kappa shape index (κ2) is 5.54. The smallest absolute Gasteiger partial charge is 0.128 e. The van der Waals surface area contributed by atoms with Gasteiger partial charge in [0.1, 0.15) is 11.9 Å². The van der Waals surface area contributed by atoms with Crippen LogP contribution in [-0.2, 0) is 4.74 Å². The van der Waals surface area contributed by atoms with Gasteiger partial charge in [0.2, 0.25) is 0 Å². The Hall–Kier alpha value is -2.02. The highest BCUT2D eigenvalue weighted by Crippen LogP contribution is 2.38. The van der Waals surface area contributed by atoms with Crippen LogP contribution in [0, 0.1) is 5.92 Å². The number of fused-ring (bicyclic) bond motifs is 1. The molecule has 0 amide bonds. The van der Waals surface area contributed by atoms with Crippen LogP contribution >= 0.6 is 0 Å². The van der Waals surface area contributed by atoms with E-state index in [2.05, 4.69) is 68.5 Å². The Balaban J connectivity index is 2.01. The van der Waals surface area contributed by atoms with Crippen LogP contribution in [0.2, 0.25) is 0 Å². The summed E-state index contributed by atoms with van der Waals surface area (Å²) in [6.07, 6.45) is 3.36. The van der Waals surface area contributed by atoms with Gasteiger partial charge in [-0.05, 0) is 29.5 Å². The molecule has 2 aromatic rings. The average molecular weight is 264 g/mol. The predicted molar refractivity (Wildman–Crippen MR) is 84.0 cm³/mol. The van der Waals surface area contributed by atoms with E-state index in [1.165, 1.54) is 11.1 Å². The third-order valence-corrected chi connectivity index (χ3v) is 3.64. The van der Waals surface area contributed by atoms with Gasteiger partial charge in [-0.25, -0.2) is 0 Å². The van der Waals surface area contributed by atoms with Gasteiger partial charge in [0.05, 0.1) is 0 Å². The predicted octanol–water partition coefficient (Wildman–Crippen LogP) is 5.30. The topological polar surface area (TPSA) is 9.23 Å². The number of rotatable bonds is 3. The molecular formula is C19H20O. The first-order chi connectivity index (χ1) is 9.74. The lowest BCUT2D eigenvalue weighted by molar-refractivity contribution is 0.142.